The van der Waals surface area contributed by atoms with E-state index in [0.717, 1.165) is 25.0 Å². The fourth-order valence-electron chi connectivity index (χ4n) is 2.85. The van der Waals surface area contributed by atoms with Gasteiger partial charge in [0.1, 0.15) is 12.2 Å². The van der Waals surface area contributed by atoms with Gasteiger partial charge in [-0.1, -0.05) is 56.5 Å². The van der Waals surface area contributed by atoms with E-state index in [1.54, 1.807) is 0 Å². The van der Waals surface area contributed by atoms with Gasteiger partial charge in [0.15, 0.2) is 0 Å². The first kappa shape index (κ1) is 16.1. The fourth-order valence-corrected chi connectivity index (χ4v) is 2.85. The Labute approximate surface area is 129 Å². The quantitative estimate of drug-likeness (QED) is 0.694. The largest absolute Gasteiger partial charge is 0.498 e. The Hall–Kier alpha value is -1.28. The Kier molecular flexibility index (Phi) is 6.31. The molecule has 1 saturated heterocycles. The van der Waals surface area contributed by atoms with E-state index in [-0.39, 0.29) is 5.60 Å². The first-order valence-corrected chi connectivity index (χ1v) is 8.23. The Morgan fingerprint density at radius 1 is 1.19 bits per heavy atom. The average molecular weight is 288 g/mol. The zero-order valence-electron chi connectivity index (χ0n) is 13.4. The monoisotopic (exact) mass is 288 g/mol. The topological polar surface area (TPSA) is 18.5 Å². The third kappa shape index (κ3) is 4.89. The molecular formula is C19H28O2. The molecule has 1 aliphatic rings. The molecule has 2 nitrogen and oxygen atoms in total. The minimum absolute atomic E-state index is 0.0894. The lowest BCUT2D eigenvalue weighted by Crippen LogP contribution is -2.38. The number of allylic oxidation sites excluding steroid dienone is 1. The summed E-state index contributed by atoms with van der Waals surface area (Å²) in [6, 6.07) is 10.4. The highest BCUT2D eigenvalue weighted by Crippen LogP contribution is 2.28. The molecule has 0 spiro atoms. The van der Waals surface area contributed by atoms with Crippen LogP contribution in [0.5, 0.6) is 0 Å². The molecule has 116 valence electrons. The van der Waals surface area contributed by atoms with Crippen LogP contribution >= 0.6 is 0 Å². The Bertz CT molecular complexity index is 428. The number of ether oxygens (including phenoxy) is 2. The summed E-state index contributed by atoms with van der Waals surface area (Å²) < 4.78 is 12.0. The van der Waals surface area contributed by atoms with Crippen LogP contribution in [0.3, 0.4) is 0 Å². The van der Waals surface area contributed by atoms with Gasteiger partial charge < -0.3 is 9.47 Å². The van der Waals surface area contributed by atoms with Gasteiger partial charge in [-0.3, -0.25) is 0 Å². The van der Waals surface area contributed by atoms with Gasteiger partial charge in [0.05, 0.1) is 6.26 Å². The second-order valence-electron chi connectivity index (χ2n) is 6.03. The van der Waals surface area contributed by atoms with Crippen LogP contribution in [0.1, 0.15) is 57.9 Å². The smallest absolute Gasteiger partial charge is 0.116 e. The van der Waals surface area contributed by atoms with E-state index in [1.807, 2.05) is 12.3 Å². The molecule has 21 heavy (non-hydrogen) atoms. The molecule has 0 N–H and O–H groups in total. The fraction of sp³-hybridized carbons (Fsp3) is 0.579. The van der Waals surface area contributed by atoms with Crippen LogP contribution in [-0.4, -0.2) is 18.8 Å². The van der Waals surface area contributed by atoms with Gasteiger partial charge in [-0.05, 0) is 37.3 Å². The van der Waals surface area contributed by atoms with Crippen molar-refractivity contribution < 1.29 is 9.47 Å². The summed E-state index contributed by atoms with van der Waals surface area (Å²) >= 11 is 0. The molecule has 0 saturated carbocycles. The molecule has 1 aromatic carbocycles. The van der Waals surface area contributed by atoms with Crippen molar-refractivity contribution in [1.82, 2.24) is 0 Å². The van der Waals surface area contributed by atoms with E-state index in [0.29, 0.717) is 6.61 Å². The van der Waals surface area contributed by atoms with Crippen LogP contribution in [0.2, 0.25) is 0 Å². The van der Waals surface area contributed by atoms with Crippen molar-refractivity contribution in [3.8, 4) is 0 Å². The third-order valence-electron chi connectivity index (χ3n) is 4.41. The molecule has 1 aliphatic heterocycles. The highest BCUT2D eigenvalue weighted by atomic mass is 16.5. The summed E-state index contributed by atoms with van der Waals surface area (Å²) in [5, 5.41) is 0. The first-order chi connectivity index (χ1) is 10.3. The van der Waals surface area contributed by atoms with E-state index < -0.39 is 0 Å². The summed E-state index contributed by atoms with van der Waals surface area (Å²) in [4.78, 5) is 0. The highest BCUT2D eigenvalue weighted by Gasteiger charge is 2.30. The Morgan fingerprint density at radius 2 is 1.95 bits per heavy atom. The number of benzene rings is 1. The molecular weight excluding hydrogens is 260 g/mol. The molecule has 1 fully saturated rings. The van der Waals surface area contributed by atoms with Crippen molar-refractivity contribution >= 4 is 5.57 Å². The Morgan fingerprint density at radius 3 is 2.71 bits per heavy atom. The molecule has 0 radical (unpaired) electrons. The van der Waals surface area contributed by atoms with E-state index in [4.69, 9.17) is 9.47 Å². The van der Waals surface area contributed by atoms with Crippen LogP contribution in [0, 0.1) is 0 Å². The normalized spacial score (nSPS) is 24.2. The van der Waals surface area contributed by atoms with E-state index in [1.165, 1.54) is 31.2 Å². The van der Waals surface area contributed by atoms with Crippen molar-refractivity contribution in [1.29, 1.82) is 0 Å². The maximum Gasteiger partial charge on any atom is 0.116 e. The molecule has 2 rings (SSSR count). The zero-order valence-corrected chi connectivity index (χ0v) is 13.4. The van der Waals surface area contributed by atoms with Crippen LogP contribution < -0.4 is 0 Å². The standard InChI is InChI=1S/C19H28O2/c1-3-19(13-9-4-5-10-14-21-19)16-20-15-17(2)18-11-7-6-8-12-18/h6-8,11-12,15H,3-5,9-10,13-14,16H2,1-2H3/b17-15-. The summed E-state index contributed by atoms with van der Waals surface area (Å²) in [5.41, 5.74) is 2.28. The van der Waals surface area contributed by atoms with E-state index in [2.05, 4.69) is 38.1 Å². The maximum absolute atomic E-state index is 6.15. The Balaban J connectivity index is 1.92. The summed E-state index contributed by atoms with van der Waals surface area (Å²) in [6.45, 7) is 5.83. The number of hydrogen-bond acceptors (Lipinski definition) is 2. The van der Waals surface area contributed by atoms with Gasteiger partial charge in [-0.2, -0.15) is 0 Å². The lowest BCUT2D eigenvalue weighted by Gasteiger charge is -2.34. The first-order valence-electron chi connectivity index (χ1n) is 8.23. The molecule has 0 bridgehead atoms. The van der Waals surface area contributed by atoms with Crippen molar-refractivity contribution in [3.63, 3.8) is 0 Å². The predicted octanol–water partition coefficient (Wildman–Crippen LogP) is 5.19. The van der Waals surface area contributed by atoms with Gasteiger partial charge in [0, 0.05) is 6.61 Å². The minimum Gasteiger partial charge on any atom is -0.498 e. The molecule has 1 aromatic rings. The highest BCUT2D eigenvalue weighted by molar-refractivity contribution is 5.62. The molecule has 0 amide bonds. The average Bonchev–Trinajstić information content (AvgIpc) is 2.50. The van der Waals surface area contributed by atoms with Crippen molar-refractivity contribution in [2.45, 2.75) is 58.0 Å². The molecule has 0 aliphatic carbocycles. The SMILES string of the molecule is CCC1(CO/C=C(/C)c2ccccc2)CCCCCCO1. The van der Waals surface area contributed by atoms with Gasteiger partial charge in [-0.25, -0.2) is 0 Å². The summed E-state index contributed by atoms with van der Waals surface area (Å²) in [6.07, 6.45) is 9.07. The summed E-state index contributed by atoms with van der Waals surface area (Å²) in [5.74, 6) is 0. The maximum atomic E-state index is 6.15. The van der Waals surface area contributed by atoms with E-state index in [9.17, 15) is 0 Å². The number of hydrogen-bond donors (Lipinski definition) is 0. The van der Waals surface area contributed by atoms with Crippen molar-refractivity contribution in [3.05, 3.63) is 42.2 Å². The van der Waals surface area contributed by atoms with Crippen LogP contribution in [0.15, 0.2) is 36.6 Å². The molecule has 0 aromatic heterocycles. The van der Waals surface area contributed by atoms with Crippen LogP contribution in [-0.2, 0) is 9.47 Å². The number of rotatable bonds is 5. The molecule has 1 heterocycles. The van der Waals surface area contributed by atoms with Gasteiger partial charge in [0.2, 0.25) is 0 Å². The second kappa shape index (κ2) is 8.23. The lowest BCUT2D eigenvalue weighted by molar-refractivity contribution is -0.0964. The molecule has 1 atom stereocenters. The van der Waals surface area contributed by atoms with Gasteiger partial charge in [-0.15, -0.1) is 0 Å². The van der Waals surface area contributed by atoms with Gasteiger partial charge in [0.25, 0.3) is 0 Å². The third-order valence-corrected chi connectivity index (χ3v) is 4.41. The predicted molar refractivity (Wildman–Crippen MR) is 88.1 cm³/mol. The van der Waals surface area contributed by atoms with Crippen molar-refractivity contribution in [2.75, 3.05) is 13.2 Å². The van der Waals surface area contributed by atoms with E-state index >= 15 is 0 Å². The minimum atomic E-state index is -0.0894. The molecule has 2 heteroatoms. The van der Waals surface area contributed by atoms with Crippen LogP contribution in [0.25, 0.3) is 5.57 Å². The molecule has 1 unspecified atom stereocenters. The van der Waals surface area contributed by atoms with Gasteiger partial charge >= 0.3 is 0 Å². The zero-order chi connectivity index (χ0) is 15.0. The summed E-state index contributed by atoms with van der Waals surface area (Å²) in [7, 11) is 0. The lowest BCUT2D eigenvalue weighted by atomic mass is 9.92. The second-order valence-corrected chi connectivity index (χ2v) is 6.03. The van der Waals surface area contributed by atoms with Crippen LogP contribution in [0.4, 0.5) is 0 Å². The van der Waals surface area contributed by atoms with Crippen molar-refractivity contribution in [2.24, 2.45) is 0 Å².